The second kappa shape index (κ2) is 11.9. The average Bonchev–Trinajstić information content (AvgIpc) is 3.31. The lowest BCUT2D eigenvalue weighted by molar-refractivity contribution is -0.382. The highest BCUT2D eigenvalue weighted by Crippen LogP contribution is 2.54. The average molecular weight is 682 g/mol. The Hall–Kier alpha value is -3.52. The highest BCUT2D eigenvalue weighted by molar-refractivity contribution is 7.87. The molecular formula is C32H32F9NO3S. The number of benzene rings is 3. The SMILES string of the molecule is CC(C)(C)c1ccc(-c2[nH]c3ccccc3c2-c2ccc(C(C)(C)C)cc2)cc1.O=S(=O)(O)C(F)(F)C(F)(F)C(F)(F)C(F)(F)F. The highest BCUT2D eigenvalue weighted by atomic mass is 32.2. The first kappa shape index (κ1) is 36.9. The number of aromatic nitrogens is 1. The first-order valence-corrected chi connectivity index (χ1v) is 15.1. The van der Waals surface area contributed by atoms with Crippen LogP contribution in [0.4, 0.5) is 39.5 Å². The smallest absolute Gasteiger partial charge is 0.354 e. The fourth-order valence-corrected chi connectivity index (χ4v) is 4.91. The number of alkyl halides is 9. The lowest BCUT2D eigenvalue weighted by Gasteiger charge is -2.31. The van der Waals surface area contributed by atoms with Crippen molar-refractivity contribution in [1.82, 2.24) is 4.98 Å². The maximum absolute atomic E-state index is 12.2. The van der Waals surface area contributed by atoms with Crippen LogP contribution in [0.15, 0.2) is 72.8 Å². The second-order valence-electron chi connectivity index (χ2n) is 12.7. The normalized spacial score (nSPS) is 13.8. The molecule has 4 aromatic rings. The molecule has 3 aromatic carbocycles. The van der Waals surface area contributed by atoms with E-state index in [4.69, 9.17) is 4.55 Å². The van der Waals surface area contributed by atoms with Gasteiger partial charge >= 0.3 is 33.4 Å². The molecule has 0 atom stereocenters. The summed E-state index contributed by atoms with van der Waals surface area (Å²) in [6, 6.07) is 26.7. The Kier molecular flexibility index (Phi) is 9.58. The van der Waals surface area contributed by atoms with Crippen molar-refractivity contribution in [3.8, 4) is 22.4 Å². The van der Waals surface area contributed by atoms with Gasteiger partial charge in [-0.15, -0.1) is 0 Å². The lowest BCUT2D eigenvalue weighted by atomic mass is 9.85. The second-order valence-corrected chi connectivity index (χ2v) is 14.2. The molecule has 0 radical (unpaired) electrons. The van der Waals surface area contributed by atoms with Gasteiger partial charge in [-0.1, -0.05) is 108 Å². The Labute approximate surface area is 260 Å². The molecule has 46 heavy (non-hydrogen) atoms. The van der Waals surface area contributed by atoms with Gasteiger partial charge in [0.1, 0.15) is 0 Å². The number of para-hydroxylation sites is 1. The predicted molar refractivity (Wildman–Crippen MR) is 159 cm³/mol. The van der Waals surface area contributed by atoms with Crippen molar-refractivity contribution in [1.29, 1.82) is 0 Å². The minimum Gasteiger partial charge on any atom is -0.354 e. The van der Waals surface area contributed by atoms with Crippen molar-refractivity contribution < 1.29 is 52.5 Å². The Morgan fingerprint density at radius 1 is 0.587 bits per heavy atom. The molecule has 4 nitrogen and oxygen atoms in total. The minimum absolute atomic E-state index is 0.157. The molecule has 0 aliphatic carbocycles. The van der Waals surface area contributed by atoms with E-state index >= 15 is 0 Å². The lowest BCUT2D eigenvalue weighted by Crippen LogP contribution is -2.63. The summed E-state index contributed by atoms with van der Waals surface area (Å²) >= 11 is 0. The number of hydrogen-bond acceptors (Lipinski definition) is 2. The number of fused-ring (bicyclic) bond motifs is 1. The van der Waals surface area contributed by atoms with Crippen molar-refractivity contribution >= 4 is 21.0 Å². The largest absolute Gasteiger partial charge is 0.460 e. The van der Waals surface area contributed by atoms with Gasteiger partial charge in [0.05, 0.1) is 5.69 Å². The van der Waals surface area contributed by atoms with E-state index in [2.05, 4.69) is 119 Å². The van der Waals surface area contributed by atoms with Crippen molar-refractivity contribution in [2.45, 2.75) is 75.6 Å². The first-order valence-electron chi connectivity index (χ1n) is 13.6. The summed E-state index contributed by atoms with van der Waals surface area (Å²) in [6.07, 6.45) is -7.13. The van der Waals surface area contributed by atoms with Crippen molar-refractivity contribution in [3.05, 3.63) is 83.9 Å². The molecule has 0 fully saturated rings. The fraction of sp³-hybridized carbons (Fsp3) is 0.375. The third-order valence-corrected chi connectivity index (χ3v) is 8.13. The van der Waals surface area contributed by atoms with Crippen LogP contribution in [-0.2, 0) is 20.9 Å². The van der Waals surface area contributed by atoms with E-state index in [1.54, 1.807) is 0 Å². The Balaban J connectivity index is 0.000000292. The summed E-state index contributed by atoms with van der Waals surface area (Å²) in [5.74, 6) is -14.7. The van der Waals surface area contributed by atoms with Crippen molar-refractivity contribution in [3.63, 3.8) is 0 Å². The van der Waals surface area contributed by atoms with Gasteiger partial charge in [0, 0.05) is 16.5 Å². The van der Waals surface area contributed by atoms with Crippen LogP contribution in [0, 0.1) is 0 Å². The van der Waals surface area contributed by atoms with Crippen LogP contribution >= 0.6 is 0 Å². The maximum atomic E-state index is 12.2. The summed E-state index contributed by atoms with van der Waals surface area (Å²) in [5, 5.41) is -5.73. The van der Waals surface area contributed by atoms with Gasteiger partial charge in [-0.2, -0.15) is 47.9 Å². The van der Waals surface area contributed by atoms with Crippen molar-refractivity contribution in [2.75, 3.05) is 0 Å². The molecule has 0 aliphatic heterocycles. The third kappa shape index (κ3) is 6.92. The summed E-state index contributed by atoms with van der Waals surface area (Å²) in [6.45, 7) is 13.6. The molecule has 2 N–H and O–H groups in total. The van der Waals surface area contributed by atoms with E-state index in [9.17, 15) is 47.9 Å². The molecule has 0 saturated heterocycles. The van der Waals surface area contributed by atoms with Crippen LogP contribution in [0.5, 0.6) is 0 Å². The number of H-pyrrole nitrogens is 1. The van der Waals surface area contributed by atoms with Gasteiger partial charge in [-0.3, -0.25) is 4.55 Å². The van der Waals surface area contributed by atoms with Crippen LogP contribution in [0.1, 0.15) is 52.7 Å². The quantitative estimate of drug-likeness (QED) is 0.163. The van der Waals surface area contributed by atoms with E-state index in [0.29, 0.717) is 0 Å². The van der Waals surface area contributed by atoms with Gasteiger partial charge in [-0.05, 0) is 39.2 Å². The Bertz CT molecular complexity index is 1780. The molecule has 0 spiro atoms. The topological polar surface area (TPSA) is 70.2 Å². The molecule has 0 bridgehead atoms. The molecular weight excluding hydrogens is 649 g/mol. The summed E-state index contributed by atoms with van der Waals surface area (Å²) in [7, 11) is -7.17. The number of halogens is 9. The first-order chi connectivity index (χ1) is 20.6. The van der Waals surface area contributed by atoms with E-state index in [-0.39, 0.29) is 10.8 Å². The molecule has 0 amide bonds. The predicted octanol–water partition coefficient (Wildman–Crippen LogP) is 10.4. The summed E-state index contributed by atoms with van der Waals surface area (Å²) in [4.78, 5) is 3.68. The molecule has 0 unspecified atom stereocenters. The minimum atomic E-state index is -7.37. The van der Waals surface area contributed by atoms with Crippen LogP contribution < -0.4 is 0 Å². The number of rotatable bonds is 5. The Morgan fingerprint density at radius 3 is 1.39 bits per heavy atom. The molecule has 252 valence electrons. The van der Waals surface area contributed by atoms with Gasteiger partial charge < -0.3 is 4.98 Å². The number of hydrogen-bond donors (Lipinski definition) is 2. The van der Waals surface area contributed by atoms with Gasteiger partial charge in [-0.25, -0.2) is 0 Å². The van der Waals surface area contributed by atoms with Gasteiger partial charge in [0.2, 0.25) is 0 Å². The zero-order valence-corrected chi connectivity index (χ0v) is 26.3. The Morgan fingerprint density at radius 2 is 1.00 bits per heavy atom. The van der Waals surface area contributed by atoms with E-state index in [1.165, 1.54) is 44.4 Å². The van der Waals surface area contributed by atoms with E-state index in [0.717, 1.165) is 0 Å². The maximum Gasteiger partial charge on any atom is 0.460 e. The molecule has 14 heteroatoms. The molecule has 0 aliphatic rings. The summed E-state index contributed by atoms with van der Waals surface area (Å²) in [5.41, 5.74) is 9.16. The number of aromatic amines is 1. The zero-order valence-electron chi connectivity index (χ0n) is 25.5. The molecule has 4 rings (SSSR count). The standard InChI is InChI=1S/C28H31N.C4HF9O3S/c1-27(2,3)21-15-11-19(12-16-21)25-23-9-7-8-10-24(23)29-26(25)20-13-17-22(18-14-20)28(4,5)6;5-1(6,3(9,10)11)2(7,8)4(12,13)17(14,15)16/h7-18,29H,1-6H3;(H,14,15,16). The monoisotopic (exact) mass is 681 g/mol. The van der Waals surface area contributed by atoms with Gasteiger partial charge in [0.15, 0.2) is 0 Å². The highest BCUT2D eigenvalue weighted by Gasteiger charge is 2.85. The zero-order chi connectivity index (χ0) is 35.3. The fourth-order valence-electron chi connectivity index (χ4n) is 4.45. The van der Waals surface area contributed by atoms with Crippen LogP contribution in [0.25, 0.3) is 33.3 Å². The molecule has 1 aromatic heterocycles. The molecule has 1 heterocycles. The van der Waals surface area contributed by atoms with Gasteiger partial charge in [0.25, 0.3) is 0 Å². The van der Waals surface area contributed by atoms with Crippen LogP contribution in [0.3, 0.4) is 0 Å². The summed E-state index contributed by atoms with van der Waals surface area (Å²) < 4.78 is 134. The van der Waals surface area contributed by atoms with Crippen LogP contribution in [-0.4, -0.2) is 41.2 Å². The van der Waals surface area contributed by atoms with E-state index in [1.807, 2.05) is 0 Å². The van der Waals surface area contributed by atoms with Crippen molar-refractivity contribution in [2.24, 2.45) is 0 Å². The number of nitrogens with one attached hydrogen (secondary N) is 1. The molecule has 0 saturated carbocycles. The van der Waals surface area contributed by atoms with E-state index < -0.39 is 33.4 Å². The third-order valence-electron chi connectivity index (χ3n) is 7.23. The van der Waals surface area contributed by atoms with Crippen LogP contribution in [0.2, 0.25) is 0 Å².